The molecule has 1 fully saturated rings. The lowest BCUT2D eigenvalue weighted by Gasteiger charge is -2.24. The van der Waals surface area contributed by atoms with Crippen LogP contribution in [0.1, 0.15) is 74.6 Å². The van der Waals surface area contributed by atoms with Crippen LogP contribution in [-0.4, -0.2) is 11.5 Å². The Morgan fingerprint density at radius 3 is 2.33 bits per heavy atom. The number of carbonyl (C=O) groups excluding carboxylic acids is 1. The van der Waals surface area contributed by atoms with Gasteiger partial charge in [-0.2, -0.15) is 0 Å². The van der Waals surface area contributed by atoms with Crippen LogP contribution in [0.2, 0.25) is 0 Å². The van der Waals surface area contributed by atoms with Crippen LogP contribution in [0.25, 0.3) is 0 Å². The number of hydrogen-bond acceptors (Lipinski definition) is 2. The second kappa shape index (κ2) is 7.02. The van der Waals surface area contributed by atoms with Gasteiger partial charge >= 0.3 is 0 Å². The lowest BCUT2D eigenvalue weighted by molar-refractivity contribution is 0.0945. The fourth-order valence-corrected chi connectivity index (χ4v) is 3.59. The summed E-state index contributed by atoms with van der Waals surface area (Å²) in [6.45, 7) is 0. The van der Waals surface area contributed by atoms with Gasteiger partial charge in [0.05, 0.1) is 11.6 Å². The Bertz CT molecular complexity index is 532. The third kappa shape index (κ3) is 3.42. The average molecular weight is 283 g/mol. The first kappa shape index (κ1) is 14.5. The van der Waals surface area contributed by atoms with Gasteiger partial charge < -0.3 is 0 Å². The molecule has 2 aliphatic rings. The van der Waals surface area contributed by atoms with Crippen LogP contribution in [-0.2, 0) is 0 Å². The van der Waals surface area contributed by atoms with E-state index in [4.69, 9.17) is 4.99 Å². The fraction of sp³-hybridized carbons (Fsp3) is 0.579. The summed E-state index contributed by atoms with van der Waals surface area (Å²) >= 11 is 0. The maximum Gasteiger partial charge on any atom is 0.173 e. The van der Waals surface area contributed by atoms with E-state index < -0.39 is 0 Å². The van der Waals surface area contributed by atoms with Gasteiger partial charge in [-0.05, 0) is 31.4 Å². The molecule has 1 saturated carbocycles. The standard InChI is InChI=1S/C19H25NO/c21-19-15-11-7-5-3-1-2-4-6-8-13-17(15)20-18-14-10-9-12-16(18)19/h9-10,12,14-15H,1-8,11,13H2. The summed E-state index contributed by atoms with van der Waals surface area (Å²) in [5.74, 6) is 0.368. The minimum absolute atomic E-state index is 0.0549. The summed E-state index contributed by atoms with van der Waals surface area (Å²) in [7, 11) is 0. The molecule has 0 radical (unpaired) electrons. The van der Waals surface area contributed by atoms with E-state index in [2.05, 4.69) is 0 Å². The summed E-state index contributed by atoms with van der Waals surface area (Å²) in [5.41, 5.74) is 2.87. The van der Waals surface area contributed by atoms with Crippen molar-refractivity contribution in [1.29, 1.82) is 0 Å². The van der Waals surface area contributed by atoms with Gasteiger partial charge in [0.1, 0.15) is 0 Å². The first-order valence-corrected chi connectivity index (χ1v) is 8.57. The Morgan fingerprint density at radius 2 is 1.52 bits per heavy atom. The summed E-state index contributed by atoms with van der Waals surface area (Å²) in [6.07, 6.45) is 12.3. The Kier molecular flexibility index (Phi) is 4.84. The van der Waals surface area contributed by atoms with Gasteiger partial charge in [-0.25, -0.2) is 0 Å². The van der Waals surface area contributed by atoms with Gasteiger partial charge in [0.15, 0.2) is 5.78 Å². The summed E-state index contributed by atoms with van der Waals surface area (Å²) < 4.78 is 0. The molecule has 0 spiro atoms. The highest BCUT2D eigenvalue weighted by Crippen LogP contribution is 2.33. The van der Waals surface area contributed by atoms with Crippen molar-refractivity contribution in [3.63, 3.8) is 0 Å². The number of nitrogens with zero attached hydrogens (tertiary/aromatic N) is 1. The first-order chi connectivity index (χ1) is 10.4. The second-order valence-electron chi connectivity index (χ2n) is 6.40. The number of rotatable bonds is 0. The fourth-order valence-electron chi connectivity index (χ4n) is 3.59. The molecular formula is C19H25NO. The number of hydrogen-bond donors (Lipinski definition) is 0. The van der Waals surface area contributed by atoms with Crippen molar-refractivity contribution in [3.8, 4) is 0 Å². The molecule has 112 valence electrons. The van der Waals surface area contributed by atoms with Crippen LogP contribution in [0.5, 0.6) is 0 Å². The SMILES string of the molecule is O=C1c2ccccc2N=C2CCCCCCCCCCC12. The zero-order valence-corrected chi connectivity index (χ0v) is 12.8. The minimum atomic E-state index is 0.0549. The van der Waals surface area contributed by atoms with Crippen LogP contribution >= 0.6 is 0 Å². The smallest absolute Gasteiger partial charge is 0.173 e. The number of Topliss-reactive ketones (excluding diaryl/α,β-unsaturated/α-hetero) is 1. The third-order valence-corrected chi connectivity index (χ3v) is 4.83. The molecule has 1 atom stereocenters. The Morgan fingerprint density at radius 1 is 0.857 bits per heavy atom. The van der Waals surface area contributed by atoms with Gasteiger partial charge in [0.25, 0.3) is 0 Å². The molecule has 2 heteroatoms. The average Bonchev–Trinajstić information content (AvgIpc) is 2.49. The third-order valence-electron chi connectivity index (χ3n) is 4.83. The quantitative estimate of drug-likeness (QED) is 0.619. The van der Waals surface area contributed by atoms with Crippen molar-refractivity contribution in [1.82, 2.24) is 0 Å². The molecule has 0 N–H and O–H groups in total. The Hall–Kier alpha value is -1.44. The number of aliphatic imine (C=N–C) groups is 1. The van der Waals surface area contributed by atoms with E-state index in [0.717, 1.165) is 36.2 Å². The predicted octanol–water partition coefficient (Wildman–Crippen LogP) is 5.49. The first-order valence-electron chi connectivity index (χ1n) is 8.57. The van der Waals surface area contributed by atoms with Crippen LogP contribution in [0, 0.1) is 5.92 Å². The molecule has 0 amide bonds. The number of carbonyl (C=O) groups is 1. The lowest BCUT2D eigenvalue weighted by atomic mass is 9.83. The van der Waals surface area contributed by atoms with E-state index in [9.17, 15) is 4.79 Å². The molecule has 1 aromatic carbocycles. The highest BCUT2D eigenvalue weighted by molar-refractivity contribution is 6.18. The molecule has 2 nitrogen and oxygen atoms in total. The van der Waals surface area contributed by atoms with E-state index in [0.29, 0.717) is 5.78 Å². The van der Waals surface area contributed by atoms with E-state index >= 15 is 0 Å². The van der Waals surface area contributed by atoms with E-state index in [1.165, 1.54) is 44.9 Å². The van der Waals surface area contributed by atoms with E-state index in [-0.39, 0.29) is 5.92 Å². The van der Waals surface area contributed by atoms with Crippen LogP contribution in [0.15, 0.2) is 29.3 Å². The van der Waals surface area contributed by atoms with Gasteiger partial charge in [-0.3, -0.25) is 9.79 Å². The Labute approximate surface area is 127 Å². The topological polar surface area (TPSA) is 29.4 Å². The number of ketones is 1. The normalized spacial score (nSPS) is 24.1. The zero-order chi connectivity index (χ0) is 14.5. The second-order valence-corrected chi connectivity index (χ2v) is 6.40. The maximum absolute atomic E-state index is 12.8. The molecule has 0 bridgehead atoms. The number of fused-ring (bicyclic) bond motifs is 2. The number of para-hydroxylation sites is 1. The molecule has 0 aromatic heterocycles. The van der Waals surface area contributed by atoms with Crippen molar-refractivity contribution in [2.45, 2.75) is 64.2 Å². The van der Waals surface area contributed by atoms with Gasteiger partial charge in [0.2, 0.25) is 0 Å². The van der Waals surface area contributed by atoms with Crippen molar-refractivity contribution >= 4 is 17.2 Å². The molecule has 0 saturated heterocycles. The van der Waals surface area contributed by atoms with Crippen LogP contribution < -0.4 is 0 Å². The minimum Gasteiger partial charge on any atom is -0.293 e. The molecule has 1 aliphatic carbocycles. The summed E-state index contributed by atoms with van der Waals surface area (Å²) in [6, 6.07) is 7.85. The highest BCUT2D eigenvalue weighted by Gasteiger charge is 2.30. The van der Waals surface area contributed by atoms with E-state index in [1.54, 1.807) is 0 Å². The monoisotopic (exact) mass is 283 g/mol. The van der Waals surface area contributed by atoms with Gasteiger partial charge in [0, 0.05) is 11.3 Å². The molecule has 1 aliphatic heterocycles. The van der Waals surface area contributed by atoms with Crippen molar-refractivity contribution < 1.29 is 4.79 Å². The van der Waals surface area contributed by atoms with Gasteiger partial charge in [-0.1, -0.05) is 57.1 Å². The van der Waals surface area contributed by atoms with Crippen molar-refractivity contribution in [3.05, 3.63) is 29.8 Å². The summed E-state index contributed by atoms with van der Waals surface area (Å²) in [5, 5.41) is 0. The van der Waals surface area contributed by atoms with E-state index in [1.807, 2.05) is 24.3 Å². The van der Waals surface area contributed by atoms with Crippen LogP contribution in [0.3, 0.4) is 0 Å². The zero-order valence-electron chi connectivity index (χ0n) is 12.8. The molecular weight excluding hydrogens is 258 g/mol. The van der Waals surface area contributed by atoms with Crippen LogP contribution in [0.4, 0.5) is 5.69 Å². The molecule has 1 heterocycles. The largest absolute Gasteiger partial charge is 0.293 e. The molecule has 1 unspecified atom stereocenters. The van der Waals surface area contributed by atoms with Crippen molar-refractivity contribution in [2.75, 3.05) is 0 Å². The predicted molar refractivity (Wildman–Crippen MR) is 87.5 cm³/mol. The maximum atomic E-state index is 12.8. The summed E-state index contributed by atoms with van der Waals surface area (Å²) in [4.78, 5) is 17.6. The van der Waals surface area contributed by atoms with Gasteiger partial charge in [-0.15, -0.1) is 0 Å². The molecule has 3 rings (SSSR count). The van der Waals surface area contributed by atoms with Crippen molar-refractivity contribution in [2.24, 2.45) is 10.9 Å². The number of benzene rings is 1. The highest BCUT2D eigenvalue weighted by atomic mass is 16.1. The molecule has 1 aromatic rings. The molecule has 21 heavy (non-hydrogen) atoms. The Balaban J connectivity index is 1.83. The lowest BCUT2D eigenvalue weighted by Crippen LogP contribution is -2.27.